The Morgan fingerprint density at radius 3 is 2.65 bits per heavy atom. The summed E-state index contributed by atoms with van der Waals surface area (Å²) in [6.45, 7) is 0.660. The first-order valence-electron chi connectivity index (χ1n) is 6.07. The number of aromatic carboxylic acids is 1. The van der Waals surface area contributed by atoms with Gasteiger partial charge in [-0.05, 0) is 45.8 Å². The van der Waals surface area contributed by atoms with Crippen molar-refractivity contribution in [2.75, 3.05) is 0 Å². The van der Waals surface area contributed by atoms with Crippen molar-refractivity contribution in [3.05, 3.63) is 64.4 Å². The number of aromatic nitrogens is 2. The average molecular weight is 331 g/mol. The topological polar surface area (TPSA) is 55.1 Å². The van der Waals surface area contributed by atoms with Crippen LogP contribution in [0.25, 0.3) is 11.0 Å². The number of hydrogen-bond donors (Lipinski definition) is 1. The standard InChI is InChI=1S/C15H11BrN2O2/c16-13-5-7-17-14-12(13)6-8-18(14)9-10-1-3-11(4-2-10)15(19)20/h1-8H,9H2,(H,19,20). The molecule has 3 aromatic rings. The smallest absolute Gasteiger partial charge is 0.335 e. The number of fused-ring (bicyclic) bond motifs is 1. The Bertz CT molecular complexity index is 778. The van der Waals surface area contributed by atoms with Crippen LogP contribution in [-0.2, 0) is 6.54 Å². The normalized spacial score (nSPS) is 10.8. The Hall–Kier alpha value is -2.14. The molecule has 0 radical (unpaired) electrons. The lowest BCUT2D eigenvalue weighted by molar-refractivity contribution is 0.0697. The van der Waals surface area contributed by atoms with Gasteiger partial charge in [-0.2, -0.15) is 0 Å². The molecule has 0 unspecified atom stereocenters. The van der Waals surface area contributed by atoms with Gasteiger partial charge >= 0.3 is 5.97 Å². The fourth-order valence-electron chi connectivity index (χ4n) is 2.13. The molecule has 0 amide bonds. The molecule has 2 aromatic heterocycles. The summed E-state index contributed by atoms with van der Waals surface area (Å²) in [5, 5.41) is 9.95. The first kappa shape index (κ1) is 12.9. The van der Waals surface area contributed by atoms with Crippen LogP contribution in [0.15, 0.2) is 53.3 Å². The molecule has 0 atom stereocenters. The van der Waals surface area contributed by atoms with E-state index < -0.39 is 5.97 Å². The van der Waals surface area contributed by atoms with E-state index in [0.29, 0.717) is 12.1 Å². The molecule has 3 rings (SSSR count). The van der Waals surface area contributed by atoms with Crippen LogP contribution in [0.3, 0.4) is 0 Å². The zero-order valence-corrected chi connectivity index (χ0v) is 12.0. The quantitative estimate of drug-likeness (QED) is 0.799. The second-order valence-electron chi connectivity index (χ2n) is 4.48. The van der Waals surface area contributed by atoms with Crippen molar-refractivity contribution < 1.29 is 9.90 Å². The minimum Gasteiger partial charge on any atom is -0.478 e. The number of carboxylic acids is 1. The SMILES string of the molecule is O=C(O)c1ccc(Cn2ccc3c(Br)ccnc32)cc1. The number of carbonyl (C=O) groups is 1. The van der Waals surface area contributed by atoms with E-state index in [0.717, 1.165) is 21.1 Å². The Labute approximate surface area is 123 Å². The zero-order valence-electron chi connectivity index (χ0n) is 10.5. The van der Waals surface area contributed by atoms with E-state index in [1.54, 1.807) is 18.3 Å². The van der Waals surface area contributed by atoms with Crippen molar-refractivity contribution in [1.29, 1.82) is 0 Å². The molecule has 0 aliphatic rings. The first-order chi connectivity index (χ1) is 9.65. The van der Waals surface area contributed by atoms with E-state index in [2.05, 4.69) is 20.9 Å². The number of hydrogen-bond acceptors (Lipinski definition) is 2. The molecule has 0 spiro atoms. The Balaban J connectivity index is 1.93. The van der Waals surface area contributed by atoms with Crippen molar-refractivity contribution in [3.8, 4) is 0 Å². The summed E-state index contributed by atoms with van der Waals surface area (Å²) in [6, 6.07) is 10.8. The molecule has 0 saturated carbocycles. The minimum atomic E-state index is -0.909. The fraction of sp³-hybridized carbons (Fsp3) is 0.0667. The number of benzene rings is 1. The number of nitrogens with zero attached hydrogens (tertiary/aromatic N) is 2. The van der Waals surface area contributed by atoms with E-state index in [1.807, 2.05) is 35.0 Å². The highest BCUT2D eigenvalue weighted by molar-refractivity contribution is 9.10. The van der Waals surface area contributed by atoms with Gasteiger partial charge in [-0.25, -0.2) is 9.78 Å². The highest BCUT2D eigenvalue weighted by Crippen LogP contribution is 2.23. The van der Waals surface area contributed by atoms with Crippen molar-refractivity contribution in [2.45, 2.75) is 6.54 Å². The maximum absolute atomic E-state index is 10.8. The Morgan fingerprint density at radius 1 is 1.20 bits per heavy atom. The van der Waals surface area contributed by atoms with E-state index in [4.69, 9.17) is 5.11 Å². The second kappa shape index (κ2) is 5.09. The van der Waals surface area contributed by atoms with E-state index in [1.165, 1.54) is 0 Å². The summed E-state index contributed by atoms with van der Waals surface area (Å²) in [5.41, 5.74) is 2.24. The zero-order chi connectivity index (χ0) is 14.1. The van der Waals surface area contributed by atoms with Gasteiger partial charge in [0.15, 0.2) is 0 Å². The molecule has 100 valence electrons. The maximum atomic E-state index is 10.8. The van der Waals surface area contributed by atoms with E-state index in [9.17, 15) is 4.79 Å². The third-order valence-corrected chi connectivity index (χ3v) is 3.85. The van der Waals surface area contributed by atoms with Gasteiger partial charge in [-0.1, -0.05) is 12.1 Å². The lowest BCUT2D eigenvalue weighted by atomic mass is 10.1. The molecule has 5 heteroatoms. The van der Waals surface area contributed by atoms with Crippen LogP contribution < -0.4 is 0 Å². The highest BCUT2D eigenvalue weighted by atomic mass is 79.9. The molecular formula is C15H11BrN2O2. The van der Waals surface area contributed by atoms with Gasteiger partial charge in [0, 0.05) is 28.8 Å². The Morgan fingerprint density at radius 2 is 1.95 bits per heavy atom. The third kappa shape index (κ3) is 2.32. The number of carboxylic acid groups (broad SMARTS) is 1. The van der Waals surface area contributed by atoms with Crippen LogP contribution in [0, 0.1) is 0 Å². The van der Waals surface area contributed by atoms with Gasteiger partial charge in [0.1, 0.15) is 5.65 Å². The maximum Gasteiger partial charge on any atom is 0.335 e. The van der Waals surface area contributed by atoms with E-state index >= 15 is 0 Å². The van der Waals surface area contributed by atoms with Crippen molar-refractivity contribution in [1.82, 2.24) is 9.55 Å². The van der Waals surface area contributed by atoms with Crippen molar-refractivity contribution in [2.24, 2.45) is 0 Å². The molecule has 0 saturated heterocycles. The molecule has 1 aromatic carbocycles. The average Bonchev–Trinajstić information content (AvgIpc) is 2.84. The second-order valence-corrected chi connectivity index (χ2v) is 5.33. The summed E-state index contributed by atoms with van der Waals surface area (Å²) >= 11 is 3.50. The van der Waals surface area contributed by atoms with Gasteiger partial charge in [0.2, 0.25) is 0 Å². The number of halogens is 1. The van der Waals surface area contributed by atoms with Crippen LogP contribution in [0.4, 0.5) is 0 Å². The molecule has 0 aliphatic carbocycles. The Kier molecular flexibility index (Phi) is 3.28. The summed E-state index contributed by atoms with van der Waals surface area (Å²) in [7, 11) is 0. The monoisotopic (exact) mass is 330 g/mol. The molecule has 1 N–H and O–H groups in total. The molecular weight excluding hydrogens is 320 g/mol. The lowest BCUT2D eigenvalue weighted by Crippen LogP contribution is -2.01. The molecule has 0 aliphatic heterocycles. The number of pyridine rings is 1. The largest absolute Gasteiger partial charge is 0.478 e. The summed E-state index contributed by atoms with van der Waals surface area (Å²) < 4.78 is 3.05. The van der Waals surface area contributed by atoms with Gasteiger partial charge in [0.05, 0.1) is 5.56 Å². The molecule has 4 nitrogen and oxygen atoms in total. The van der Waals surface area contributed by atoms with Crippen LogP contribution in [0.5, 0.6) is 0 Å². The molecule has 20 heavy (non-hydrogen) atoms. The first-order valence-corrected chi connectivity index (χ1v) is 6.86. The predicted molar refractivity (Wildman–Crippen MR) is 79.9 cm³/mol. The fourth-order valence-corrected chi connectivity index (χ4v) is 2.56. The van der Waals surface area contributed by atoms with Crippen molar-refractivity contribution in [3.63, 3.8) is 0 Å². The van der Waals surface area contributed by atoms with Gasteiger partial charge < -0.3 is 9.67 Å². The van der Waals surface area contributed by atoms with Crippen molar-refractivity contribution >= 4 is 32.9 Å². The molecule has 0 bridgehead atoms. The van der Waals surface area contributed by atoms with Gasteiger partial charge in [-0.15, -0.1) is 0 Å². The van der Waals surface area contributed by atoms with Crippen LogP contribution in [0.1, 0.15) is 15.9 Å². The van der Waals surface area contributed by atoms with Gasteiger partial charge in [0.25, 0.3) is 0 Å². The minimum absolute atomic E-state index is 0.298. The summed E-state index contributed by atoms with van der Waals surface area (Å²) in [5.74, 6) is -0.909. The van der Waals surface area contributed by atoms with Crippen LogP contribution in [-0.4, -0.2) is 20.6 Å². The third-order valence-electron chi connectivity index (χ3n) is 3.16. The number of rotatable bonds is 3. The molecule has 0 fully saturated rings. The molecule has 2 heterocycles. The van der Waals surface area contributed by atoms with E-state index in [-0.39, 0.29) is 0 Å². The summed E-state index contributed by atoms with van der Waals surface area (Å²) in [4.78, 5) is 15.2. The summed E-state index contributed by atoms with van der Waals surface area (Å²) in [6.07, 6.45) is 3.74. The van der Waals surface area contributed by atoms with Crippen LogP contribution >= 0.6 is 15.9 Å². The lowest BCUT2D eigenvalue weighted by Gasteiger charge is -2.05. The predicted octanol–water partition coefficient (Wildman–Crippen LogP) is 3.55. The van der Waals surface area contributed by atoms with Crippen LogP contribution in [0.2, 0.25) is 0 Å². The highest BCUT2D eigenvalue weighted by Gasteiger charge is 2.06. The van der Waals surface area contributed by atoms with Gasteiger partial charge in [-0.3, -0.25) is 0 Å².